The number of carbonyl (C=O) groups is 1. The van der Waals surface area contributed by atoms with Gasteiger partial charge in [0.2, 0.25) is 0 Å². The summed E-state index contributed by atoms with van der Waals surface area (Å²) in [6.07, 6.45) is 2.60. The molecule has 3 heteroatoms. The molecule has 0 spiro atoms. The van der Waals surface area contributed by atoms with Crippen LogP contribution in [0.1, 0.15) is 26.2 Å². The van der Waals surface area contributed by atoms with Gasteiger partial charge in [0.15, 0.2) is 0 Å². The molecule has 0 heterocycles. The zero-order valence-electron chi connectivity index (χ0n) is 5.50. The van der Waals surface area contributed by atoms with Crippen LogP contribution >= 0.6 is 0 Å². The smallest absolute Gasteiger partial charge is 0.450 e. The van der Waals surface area contributed by atoms with Crippen LogP contribution in [0.25, 0.3) is 0 Å². The average Bonchev–Trinajstić information content (AvgIpc) is 2.43. The first-order valence-corrected chi connectivity index (χ1v) is 3.08. The molecule has 1 rings (SSSR count). The molecular weight excluding hydrogens is 120 g/mol. The lowest BCUT2D eigenvalue weighted by Crippen LogP contribution is -1.81. The molecule has 54 valence electrons. The fourth-order valence-electron chi connectivity index (χ4n) is 0.526. The summed E-state index contributed by atoms with van der Waals surface area (Å²) in [6, 6.07) is 0. The second-order valence-corrected chi connectivity index (χ2v) is 2.13. The van der Waals surface area contributed by atoms with E-state index in [1.165, 1.54) is 19.3 Å². The van der Waals surface area contributed by atoms with Crippen molar-refractivity contribution in [3.63, 3.8) is 0 Å². The van der Waals surface area contributed by atoms with Gasteiger partial charge < -0.3 is 10.2 Å². The van der Waals surface area contributed by atoms with E-state index in [0.717, 1.165) is 5.92 Å². The summed E-state index contributed by atoms with van der Waals surface area (Å²) in [4.78, 5) is 8.56. The largest absolute Gasteiger partial charge is 0.503 e. The van der Waals surface area contributed by atoms with E-state index in [2.05, 4.69) is 6.92 Å². The zero-order chi connectivity index (χ0) is 7.28. The normalized spacial score (nSPS) is 15.7. The lowest BCUT2D eigenvalue weighted by atomic mass is 10.3. The van der Waals surface area contributed by atoms with Crippen molar-refractivity contribution in [3.05, 3.63) is 0 Å². The predicted octanol–water partition coefficient (Wildman–Crippen LogP) is 2.03. The van der Waals surface area contributed by atoms with Gasteiger partial charge in [-0.3, -0.25) is 0 Å². The van der Waals surface area contributed by atoms with Gasteiger partial charge in [0.25, 0.3) is 0 Å². The molecule has 3 nitrogen and oxygen atoms in total. The number of carboxylic acid groups (broad SMARTS) is 2. The van der Waals surface area contributed by atoms with Crippen molar-refractivity contribution in [2.24, 2.45) is 5.92 Å². The van der Waals surface area contributed by atoms with Crippen LogP contribution in [0.3, 0.4) is 0 Å². The molecule has 0 amide bonds. The van der Waals surface area contributed by atoms with E-state index in [4.69, 9.17) is 15.0 Å². The molecule has 0 unspecified atom stereocenters. The highest BCUT2D eigenvalue weighted by Crippen LogP contribution is 2.31. The summed E-state index contributed by atoms with van der Waals surface area (Å²) in [5.74, 6) is 1.13. The zero-order valence-corrected chi connectivity index (χ0v) is 5.50. The molecule has 0 saturated heterocycles. The van der Waals surface area contributed by atoms with E-state index in [1.54, 1.807) is 0 Å². The number of hydrogen-bond acceptors (Lipinski definition) is 1. The highest BCUT2D eigenvalue weighted by molar-refractivity contribution is 5.53. The van der Waals surface area contributed by atoms with Gasteiger partial charge >= 0.3 is 6.16 Å². The van der Waals surface area contributed by atoms with Crippen molar-refractivity contribution >= 4 is 6.16 Å². The van der Waals surface area contributed by atoms with Crippen LogP contribution in [0.5, 0.6) is 0 Å². The summed E-state index contributed by atoms with van der Waals surface area (Å²) in [5, 5.41) is 13.9. The Morgan fingerprint density at radius 1 is 1.56 bits per heavy atom. The molecule has 1 fully saturated rings. The van der Waals surface area contributed by atoms with Crippen molar-refractivity contribution in [1.82, 2.24) is 0 Å². The van der Waals surface area contributed by atoms with Crippen LogP contribution in [0, 0.1) is 5.92 Å². The van der Waals surface area contributed by atoms with E-state index in [-0.39, 0.29) is 0 Å². The van der Waals surface area contributed by atoms with Gasteiger partial charge in [0.05, 0.1) is 0 Å². The molecule has 0 atom stereocenters. The van der Waals surface area contributed by atoms with Crippen LogP contribution in [0.4, 0.5) is 4.79 Å². The highest BCUT2D eigenvalue weighted by Gasteiger charge is 2.17. The fraction of sp³-hybridized carbons (Fsp3) is 0.833. The van der Waals surface area contributed by atoms with E-state index < -0.39 is 6.16 Å². The Hall–Kier alpha value is -0.730. The Kier molecular flexibility index (Phi) is 3.84. The number of hydrogen-bond donors (Lipinski definition) is 2. The maximum atomic E-state index is 8.56. The van der Waals surface area contributed by atoms with E-state index in [0.29, 0.717) is 0 Å². The van der Waals surface area contributed by atoms with E-state index in [1.807, 2.05) is 0 Å². The molecular formula is C6H12O3. The summed E-state index contributed by atoms with van der Waals surface area (Å²) in [5.41, 5.74) is 0. The van der Waals surface area contributed by atoms with Gasteiger partial charge in [-0.1, -0.05) is 26.2 Å². The third kappa shape index (κ3) is 11.1. The molecule has 0 aromatic rings. The van der Waals surface area contributed by atoms with E-state index >= 15 is 0 Å². The molecule has 0 aliphatic heterocycles. The molecule has 1 saturated carbocycles. The van der Waals surface area contributed by atoms with Gasteiger partial charge in [-0.15, -0.1) is 0 Å². The summed E-state index contributed by atoms with van der Waals surface area (Å²) in [7, 11) is 0. The Morgan fingerprint density at radius 3 is 1.89 bits per heavy atom. The molecule has 0 bridgehead atoms. The standard InChI is InChI=1S/C5H10.CH2O3/c1-2-5-3-4-5;2-1(3)4/h5H,2-4H2,1H3;(H2,2,3,4). The Balaban J connectivity index is 0.000000148. The van der Waals surface area contributed by atoms with Crippen molar-refractivity contribution in [2.75, 3.05) is 0 Å². The predicted molar refractivity (Wildman–Crippen MR) is 33.7 cm³/mol. The molecule has 0 aromatic heterocycles. The highest BCUT2D eigenvalue weighted by atomic mass is 16.6. The van der Waals surface area contributed by atoms with Crippen LogP contribution in [0.15, 0.2) is 0 Å². The van der Waals surface area contributed by atoms with Crippen LogP contribution in [0.2, 0.25) is 0 Å². The first kappa shape index (κ1) is 8.27. The topological polar surface area (TPSA) is 57.5 Å². The Labute approximate surface area is 54.3 Å². The van der Waals surface area contributed by atoms with E-state index in [9.17, 15) is 0 Å². The summed E-state index contributed by atoms with van der Waals surface area (Å²) in [6.45, 7) is 2.26. The SMILES string of the molecule is CCC1CC1.O=C(O)O. The molecule has 1 aliphatic carbocycles. The molecule has 1 aliphatic rings. The maximum Gasteiger partial charge on any atom is 0.503 e. The minimum atomic E-state index is -1.83. The van der Waals surface area contributed by atoms with Gasteiger partial charge in [0, 0.05) is 0 Å². The van der Waals surface area contributed by atoms with Crippen molar-refractivity contribution in [1.29, 1.82) is 0 Å². The number of rotatable bonds is 1. The third-order valence-corrected chi connectivity index (χ3v) is 1.27. The monoisotopic (exact) mass is 132 g/mol. The second kappa shape index (κ2) is 4.18. The van der Waals surface area contributed by atoms with Crippen LogP contribution in [-0.2, 0) is 0 Å². The molecule has 0 aromatic carbocycles. The molecule has 9 heavy (non-hydrogen) atoms. The molecule has 2 N–H and O–H groups in total. The first-order valence-electron chi connectivity index (χ1n) is 3.08. The third-order valence-electron chi connectivity index (χ3n) is 1.27. The van der Waals surface area contributed by atoms with Gasteiger partial charge in [0.1, 0.15) is 0 Å². The summed E-state index contributed by atoms with van der Waals surface area (Å²) >= 11 is 0. The summed E-state index contributed by atoms with van der Waals surface area (Å²) < 4.78 is 0. The van der Waals surface area contributed by atoms with Crippen LogP contribution < -0.4 is 0 Å². The molecule has 0 radical (unpaired) electrons. The quantitative estimate of drug-likeness (QED) is 0.573. The van der Waals surface area contributed by atoms with Crippen molar-refractivity contribution in [2.45, 2.75) is 26.2 Å². The first-order chi connectivity index (χ1) is 4.16. The van der Waals surface area contributed by atoms with Crippen LogP contribution in [-0.4, -0.2) is 16.4 Å². The van der Waals surface area contributed by atoms with Gasteiger partial charge in [-0.2, -0.15) is 0 Å². The van der Waals surface area contributed by atoms with Gasteiger partial charge in [-0.05, 0) is 5.92 Å². The fourth-order valence-corrected chi connectivity index (χ4v) is 0.526. The second-order valence-electron chi connectivity index (χ2n) is 2.13. The van der Waals surface area contributed by atoms with Crippen molar-refractivity contribution in [3.8, 4) is 0 Å². The Bertz CT molecular complexity index is 82.3. The lowest BCUT2D eigenvalue weighted by Gasteiger charge is -1.72. The minimum absolute atomic E-state index is 1.13. The Morgan fingerprint density at radius 2 is 1.89 bits per heavy atom. The average molecular weight is 132 g/mol. The lowest BCUT2D eigenvalue weighted by molar-refractivity contribution is 0.137. The van der Waals surface area contributed by atoms with Gasteiger partial charge in [-0.25, -0.2) is 4.79 Å². The van der Waals surface area contributed by atoms with Crippen molar-refractivity contribution < 1.29 is 15.0 Å². The minimum Gasteiger partial charge on any atom is -0.450 e. The maximum absolute atomic E-state index is 8.56.